The second-order valence-electron chi connectivity index (χ2n) is 21.9. The van der Waals surface area contributed by atoms with Gasteiger partial charge in [-0.2, -0.15) is 5.26 Å². The van der Waals surface area contributed by atoms with Gasteiger partial charge < -0.3 is 27.5 Å². The first-order chi connectivity index (χ1) is 41.4. The second-order valence-corrected chi connectivity index (χ2v) is 21.9. The lowest BCUT2D eigenvalue weighted by Gasteiger charge is -2.27. The Balaban J connectivity index is 0.807. The molecule has 13 aromatic carbocycles. The molecule has 0 saturated carbocycles. The zero-order chi connectivity index (χ0) is 55.7. The van der Waals surface area contributed by atoms with E-state index in [4.69, 9.17) is 17.7 Å². The number of hydrogen-bond donors (Lipinski definition) is 0. The predicted molar refractivity (Wildman–Crippen MR) is 345 cm³/mol. The van der Waals surface area contributed by atoms with E-state index in [0.29, 0.717) is 27.9 Å². The Morgan fingerprint density at radius 1 is 0.310 bits per heavy atom. The van der Waals surface area contributed by atoms with Crippen molar-refractivity contribution in [3.63, 3.8) is 0 Å². The van der Waals surface area contributed by atoms with Crippen LogP contribution in [0.4, 0.5) is 34.1 Å². The van der Waals surface area contributed by atoms with Gasteiger partial charge >= 0.3 is 0 Å². The summed E-state index contributed by atoms with van der Waals surface area (Å²) in [4.78, 5) is 4.61. The van der Waals surface area contributed by atoms with E-state index in [2.05, 4.69) is 260 Å². The topological polar surface area (TPSA) is 82.8 Å². The van der Waals surface area contributed by atoms with Crippen molar-refractivity contribution in [2.45, 2.75) is 13.8 Å². The lowest BCUT2D eigenvalue weighted by atomic mass is 9.99. The van der Waals surface area contributed by atoms with Gasteiger partial charge in [-0.25, -0.2) is 0 Å². The summed E-state index contributed by atoms with van der Waals surface area (Å²) in [5.74, 6) is 0. The quantitative estimate of drug-likeness (QED) is 0.150. The van der Waals surface area contributed by atoms with Crippen LogP contribution in [0.2, 0.25) is 0 Å². The van der Waals surface area contributed by atoms with Crippen LogP contribution in [0.15, 0.2) is 266 Å². The molecule has 0 bridgehead atoms. The van der Waals surface area contributed by atoms with E-state index in [0.717, 1.165) is 154 Å². The molecule has 0 saturated heterocycles. The molecule has 17 aromatic rings. The summed E-state index contributed by atoms with van der Waals surface area (Å²) in [6.07, 6.45) is 0. The van der Waals surface area contributed by atoms with Crippen LogP contribution in [0.5, 0.6) is 0 Å². The number of fused-ring (bicyclic) bond motifs is 15. The first kappa shape index (κ1) is 47.5. The maximum absolute atomic E-state index is 10.8. The number of para-hydroxylation sites is 6. The third-order valence-corrected chi connectivity index (χ3v) is 17.1. The molecule has 0 unspecified atom stereocenters. The van der Waals surface area contributed by atoms with E-state index in [1.807, 2.05) is 18.2 Å². The van der Waals surface area contributed by atoms with Crippen LogP contribution < -0.4 is 9.80 Å². The number of anilines is 6. The van der Waals surface area contributed by atoms with Crippen molar-refractivity contribution < 1.29 is 17.7 Å². The maximum atomic E-state index is 10.8. The van der Waals surface area contributed by atoms with Crippen molar-refractivity contribution in [2.24, 2.45) is 0 Å². The Labute approximate surface area is 481 Å². The summed E-state index contributed by atoms with van der Waals surface area (Å²) in [7, 11) is 0. The molecule has 394 valence electrons. The van der Waals surface area contributed by atoms with Crippen LogP contribution in [0.1, 0.15) is 16.7 Å². The van der Waals surface area contributed by atoms with E-state index in [1.165, 1.54) is 0 Å². The third kappa shape index (κ3) is 7.17. The van der Waals surface area contributed by atoms with Crippen LogP contribution in [0.25, 0.3) is 132 Å². The molecule has 4 aromatic heterocycles. The Hall–Kier alpha value is -11.3. The van der Waals surface area contributed by atoms with Gasteiger partial charge in [-0.1, -0.05) is 170 Å². The molecule has 84 heavy (non-hydrogen) atoms. The molecule has 0 spiro atoms. The summed E-state index contributed by atoms with van der Waals surface area (Å²) in [5, 5.41) is 22.7. The highest BCUT2D eigenvalue weighted by Gasteiger charge is 2.26. The first-order valence-electron chi connectivity index (χ1n) is 28.3. The minimum atomic E-state index is 0.411. The third-order valence-electron chi connectivity index (χ3n) is 17.1. The van der Waals surface area contributed by atoms with Gasteiger partial charge in [-0.05, 0) is 130 Å². The van der Waals surface area contributed by atoms with Gasteiger partial charge in [0.25, 0.3) is 0 Å². The largest absolute Gasteiger partial charge is 0.456 e. The molecule has 0 aliphatic rings. The molecule has 0 N–H and O–H groups in total. The van der Waals surface area contributed by atoms with Crippen LogP contribution in [-0.4, -0.2) is 0 Å². The average molecular weight is 1080 g/mol. The highest BCUT2D eigenvalue weighted by molar-refractivity contribution is 6.29. The molecule has 0 aliphatic heterocycles. The van der Waals surface area contributed by atoms with Crippen molar-refractivity contribution in [1.29, 1.82) is 5.26 Å². The Bertz CT molecular complexity index is 5620. The minimum absolute atomic E-state index is 0.411. The van der Waals surface area contributed by atoms with Crippen molar-refractivity contribution >= 4 is 143 Å². The fourth-order valence-electron chi connectivity index (χ4n) is 13.1. The van der Waals surface area contributed by atoms with E-state index in [9.17, 15) is 5.26 Å². The van der Waals surface area contributed by atoms with Gasteiger partial charge in [0.15, 0.2) is 16.7 Å². The number of hydrogen-bond acceptors (Lipinski definition) is 7. The summed E-state index contributed by atoms with van der Waals surface area (Å²) in [6.45, 7) is 4.30. The van der Waals surface area contributed by atoms with Gasteiger partial charge in [0.2, 0.25) is 0 Å². The normalized spacial score (nSPS) is 11.9. The van der Waals surface area contributed by atoms with Gasteiger partial charge in [0, 0.05) is 83.0 Å². The predicted octanol–water partition coefficient (Wildman–Crippen LogP) is 22.4. The maximum Gasteiger partial charge on any atom is 0.159 e. The van der Waals surface area contributed by atoms with Crippen molar-refractivity contribution in [3.8, 4) is 28.3 Å². The van der Waals surface area contributed by atoms with Crippen LogP contribution in [0.3, 0.4) is 0 Å². The fraction of sp³-hybridized carbons (Fsp3) is 0.0260. The Morgan fingerprint density at radius 3 is 1.25 bits per heavy atom. The molecule has 0 radical (unpaired) electrons. The second kappa shape index (κ2) is 18.3. The Morgan fingerprint density at radius 2 is 0.750 bits per heavy atom. The molecule has 7 nitrogen and oxygen atoms in total. The number of benzene rings is 13. The van der Waals surface area contributed by atoms with Crippen molar-refractivity contribution in [3.05, 3.63) is 265 Å². The minimum Gasteiger partial charge on any atom is -0.456 e. The molecule has 0 amide bonds. The van der Waals surface area contributed by atoms with E-state index >= 15 is 0 Å². The van der Waals surface area contributed by atoms with E-state index in [-0.39, 0.29) is 0 Å². The molecule has 0 fully saturated rings. The van der Waals surface area contributed by atoms with Crippen molar-refractivity contribution in [2.75, 3.05) is 9.80 Å². The van der Waals surface area contributed by atoms with Gasteiger partial charge in [-0.3, -0.25) is 0 Å². The number of aryl methyl sites for hydroxylation is 2. The molecule has 0 atom stereocenters. The van der Waals surface area contributed by atoms with Crippen LogP contribution in [0, 0.1) is 25.2 Å². The smallest absolute Gasteiger partial charge is 0.159 e. The SMILES string of the molecule is Cc1ccccc1N(c1ccc2cc3c(cc2c1)oc1cc(C#N)c2oc4cc5cc(N(c6ccccc6C)c6cccc7c6oc6c(-c8ccccc8)cccc67)ccc5cc4c2c13)c1cccc2c1oc1c(-c3ccccc3)cccc12. The number of nitriles is 1. The Kier molecular flexibility index (Phi) is 10.4. The zero-order valence-corrected chi connectivity index (χ0v) is 45.6. The zero-order valence-electron chi connectivity index (χ0n) is 45.6. The number of rotatable bonds is 8. The molecule has 0 aliphatic carbocycles. The molecule has 4 heterocycles. The molecule has 17 rings (SSSR count). The standard InChI is InChI=1S/C77H47N3O4/c1-45-17-9-11-29-64(45)79(66-31-15-27-60-58-25-13-23-56(74(58)83-76(60)66)47-19-5-3-6-20-47)54-35-33-49-39-62-68(41-51(49)37-54)81-70-43-53(44-78)73-72(71(62)70)63-40-50-34-36-55(38-52(50)42-69(63)82-73)80(65-30-12-10-18-46(65)2)67-32-16-28-61-59-26-14-24-57(75(59)84-77(61)67)48-21-7-4-8-22-48/h3-43H,1-2H3. The molecular weight excluding hydrogens is 1030 g/mol. The summed E-state index contributed by atoms with van der Waals surface area (Å²) in [6, 6.07) is 89.5. The summed E-state index contributed by atoms with van der Waals surface area (Å²) in [5.41, 5.74) is 18.7. The highest BCUT2D eigenvalue weighted by Crippen LogP contribution is 2.50. The lowest BCUT2D eigenvalue weighted by Crippen LogP contribution is -2.11. The average Bonchev–Trinajstić information content (AvgIpc) is 1.92. The van der Waals surface area contributed by atoms with Crippen molar-refractivity contribution in [1.82, 2.24) is 0 Å². The summed E-state index contributed by atoms with van der Waals surface area (Å²) >= 11 is 0. The van der Waals surface area contributed by atoms with E-state index < -0.39 is 0 Å². The monoisotopic (exact) mass is 1080 g/mol. The highest BCUT2D eigenvalue weighted by atomic mass is 16.3. The summed E-state index contributed by atoms with van der Waals surface area (Å²) < 4.78 is 27.7. The van der Waals surface area contributed by atoms with Crippen LogP contribution in [-0.2, 0) is 0 Å². The first-order valence-corrected chi connectivity index (χ1v) is 28.3. The number of nitrogens with zero attached hydrogens (tertiary/aromatic N) is 3. The van der Waals surface area contributed by atoms with Gasteiger partial charge in [-0.15, -0.1) is 0 Å². The van der Waals surface area contributed by atoms with Gasteiger partial charge in [0.05, 0.1) is 16.9 Å². The van der Waals surface area contributed by atoms with E-state index in [1.54, 1.807) is 0 Å². The lowest BCUT2D eigenvalue weighted by molar-refractivity contribution is 0.662. The van der Waals surface area contributed by atoms with Gasteiger partial charge in [0.1, 0.15) is 34.0 Å². The molecule has 7 heteroatoms. The van der Waals surface area contributed by atoms with Crippen LogP contribution >= 0.6 is 0 Å². The fourth-order valence-corrected chi connectivity index (χ4v) is 13.1. The number of furan rings is 4. The molecular formula is C77H47N3O4.